The molecule has 0 aliphatic rings. The van der Waals surface area contributed by atoms with E-state index in [4.69, 9.17) is 0 Å². The molecular weight excluding hydrogens is 369 g/mol. The highest BCUT2D eigenvalue weighted by molar-refractivity contribution is 14.1. The number of rotatable bonds is 5. The van der Waals surface area contributed by atoms with Crippen LogP contribution in [0.1, 0.15) is 6.92 Å². The van der Waals surface area contributed by atoms with Gasteiger partial charge in [-0.05, 0) is 53.8 Å². The summed E-state index contributed by atoms with van der Waals surface area (Å²) < 4.78 is 1.01. The Balaban J connectivity index is 2.44. The minimum Gasteiger partial charge on any atom is -0.380 e. The fourth-order valence-corrected chi connectivity index (χ4v) is 2.40. The molecule has 2 aromatic rings. The molecule has 2 N–H and O–H groups in total. The van der Waals surface area contributed by atoms with Gasteiger partial charge in [0.25, 0.3) is 0 Å². The SMILES string of the molecule is CCNc1cccc(Nc2ccccc2I)c1[N+](=O)[O-]. The van der Waals surface area contributed by atoms with Crippen LogP contribution in [0.15, 0.2) is 42.5 Å². The second-order valence-corrected chi connectivity index (χ2v) is 5.26. The third-order valence-electron chi connectivity index (χ3n) is 2.73. The number of nitro benzene ring substituents is 1. The number of para-hydroxylation sites is 2. The van der Waals surface area contributed by atoms with Crippen LogP contribution in [0.25, 0.3) is 0 Å². The zero-order valence-corrected chi connectivity index (χ0v) is 13.0. The van der Waals surface area contributed by atoms with Crippen molar-refractivity contribution in [2.45, 2.75) is 6.92 Å². The third-order valence-corrected chi connectivity index (χ3v) is 3.67. The Morgan fingerprint density at radius 3 is 2.40 bits per heavy atom. The van der Waals surface area contributed by atoms with Gasteiger partial charge in [-0.25, -0.2) is 0 Å². The molecule has 0 heterocycles. The molecule has 0 fully saturated rings. The predicted octanol–water partition coefficient (Wildman–Crippen LogP) is 4.37. The van der Waals surface area contributed by atoms with E-state index in [1.54, 1.807) is 18.2 Å². The number of halogens is 1. The Morgan fingerprint density at radius 1 is 1.10 bits per heavy atom. The summed E-state index contributed by atoms with van der Waals surface area (Å²) in [4.78, 5) is 11.0. The zero-order valence-electron chi connectivity index (χ0n) is 10.9. The van der Waals surface area contributed by atoms with Gasteiger partial charge in [0.2, 0.25) is 0 Å². The van der Waals surface area contributed by atoms with E-state index >= 15 is 0 Å². The Hall–Kier alpha value is -1.83. The quantitative estimate of drug-likeness (QED) is 0.457. The Bertz CT molecular complexity index is 632. The lowest BCUT2D eigenvalue weighted by atomic mass is 10.2. The van der Waals surface area contributed by atoms with Crippen LogP contribution >= 0.6 is 22.6 Å². The second kappa shape index (κ2) is 6.56. The van der Waals surface area contributed by atoms with E-state index < -0.39 is 0 Å². The van der Waals surface area contributed by atoms with Crippen LogP contribution in [0.2, 0.25) is 0 Å². The summed E-state index contributed by atoms with van der Waals surface area (Å²) in [6.45, 7) is 2.54. The highest BCUT2D eigenvalue weighted by Gasteiger charge is 2.19. The van der Waals surface area contributed by atoms with Crippen molar-refractivity contribution in [1.82, 2.24) is 0 Å². The third kappa shape index (κ3) is 3.19. The van der Waals surface area contributed by atoms with E-state index in [1.807, 2.05) is 31.2 Å². The zero-order chi connectivity index (χ0) is 14.5. The topological polar surface area (TPSA) is 67.2 Å². The number of nitrogens with one attached hydrogen (secondary N) is 2. The van der Waals surface area contributed by atoms with E-state index in [2.05, 4.69) is 33.2 Å². The highest BCUT2D eigenvalue weighted by Crippen LogP contribution is 2.35. The number of benzene rings is 2. The van der Waals surface area contributed by atoms with Crippen molar-refractivity contribution < 1.29 is 4.92 Å². The van der Waals surface area contributed by atoms with E-state index in [9.17, 15) is 10.1 Å². The van der Waals surface area contributed by atoms with Crippen molar-refractivity contribution in [2.24, 2.45) is 0 Å². The molecule has 0 bridgehead atoms. The molecule has 0 radical (unpaired) electrons. The van der Waals surface area contributed by atoms with Crippen LogP contribution in [0.3, 0.4) is 0 Å². The van der Waals surface area contributed by atoms with Crippen LogP contribution in [0, 0.1) is 13.7 Å². The predicted molar refractivity (Wildman–Crippen MR) is 89.7 cm³/mol. The van der Waals surface area contributed by atoms with Crippen LogP contribution in [-0.4, -0.2) is 11.5 Å². The molecule has 0 aliphatic heterocycles. The van der Waals surface area contributed by atoms with E-state index in [0.29, 0.717) is 17.9 Å². The molecular formula is C14H14IN3O2. The van der Waals surface area contributed by atoms with Gasteiger partial charge in [0, 0.05) is 10.1 Å². The summed E-state index contributed by atoms with van der Waals surface area (Å²) in [5.74, 6) is 0. The number of anilines is 3. The normalized spacial score (nSPS) is 10.1. The molecule has 6 heteroatoms. The first-order chi connectivity index (χ1) is 9.63. The highest BCUT2D eigenvalue weighted by atomic mass is 127. The maximum absolute atomic E-state index is 11.3. The molecule has 0 amide bonds. The fourth-order valence-electron chi connectivity index (χ4n) is 1.88. The summed E-state index contributed by atoms with van der Waals surface area (Å²) in [5, 5.41) is 17.5. The van der Waals surface area contributed by atoms with Crippen LogP contribution in [0.4, 0.5) is 22.7 Å². The Labute approximate surface area is 130 Å². The second-order valence-electron chi connectivity index (χ2n) is 4.09. The van der Waals surface area contributed by atoms with Gasteiger partial charge in [0.1, 0.15) is 11.4 Å². The number of hydrogen-bond donors (Lipinski definition) is 2. The van der Waals surface area contributed by atoms with Crippen molar-refractivity contribution in [2.75, 3.05) is 17.2 Å². The molecule has 20 heavy (non-hydrogen) atoms. The number of nitrogens with zero attached hydrogens (tertiary/aromatic N) is 1. The van der Waals surface area contributed by atoms with E-state index in [0.717, 1.165) is 9.26 Å². The van der Waals surface area contributed by atoms with Crippen LogP contribution in [-0.2, 0) is 0 Å². The molecule has 0 unspecified atom stereocenters. The van der Waals surface area contributed by atoms with Crippen molar-refractivity contribution in [3.8, 4) is 0 Å². The van der Waals surface area contributed by atoms with Crippen molar-refractivity contribution in [1.29, 1.82) is 0 Å². The first kappa shape index (κ1) is 14.6. The molecule has 0 saturated carbocycles. The Kier molecular flexibility index (Phi) is 4.78. The van der Waals surface area contributed by atoms with Gasteiger partial charge in [0.15, 0.2) is 0 Å². The van der Waals surface area contributed by atoms with Gasteiger partial charge in [-0.15, -0.1) is 0 Å². The van der Waals surface area contributed by atoms with Crippen LogP contribution in [0.5, 0.6) is 0 Å². The summed E-state index contributed by atoms with van der Waals surface area (Å²) in [6, 6.07) is 12.9. The van der Waals surface area contributed by atoms with Crippen molar-refractivity contribution >= 4 is 45.3 Å². The smallest absolute Gasteiger partial charge is 0.315 e. The molecule has 104 valence electrons. The Morgan fingerprint density at radius 2 is 1.75 bits per heavy atom. The molecule has 0 spiro atoms. The average molecular weight is 383 g/mol. The van der Waals surface area contributed by atoms with Gasteiger partial charge in [-0.3, -0.25) is 10.1 Å². The maximum atomic E-state index is 11.3. The summed E-state index contributed by atoms with van der Waals surface area (Å²) >= 11 is 2.19. The lowest BCUT2D eigenvalue weighted by Gasteiger charge is -2.11. The molecule has 5 nitrogen and oxygen atoms in total. The maximum Gasteiger partial charge on any atom is 0.315 e. The molecule has 2 rings (SSSR count). The number of nitro groups is 1. The summed E-state index contributed by atoms with van der Waals surface area (Å²) in [6.07, 6.45) is 0. The van der Waals surface area contributed by atoms with E-state index in [1.165, 1.54) is 0 Å². The lowest BCUT2D eigenvalue weighted by molar-refractivity contribution is -0.383. The van der Waals surface area contributed by atoms with Gasteiger partial charge < -0.3 is 10.6 Å². The summed E-state index contributed by atoms with van der Waals surface area (Å²) in [7, 11) is 0. The standard InChI is InChI=1S/C14H14IN3O2/c1-2-16-12-8-5-9-13(14(12)18(19)20)17-11-7-4-3-6-10(11)15/h3-9,16-17H,2H2,1H3. The fraction of sp³-hybridized carbons (Fsp3) is 0.143. The minimum absolute atomic E-state index is 0.0639. The van der Waals surface area contributed by atoms with E-state index in [-0.39, 0.29) is 10.6 Å². The lowest BCUT2D eigenvalue weighted by Crippen LogP contribution is -2.04. The van der Waals surface area contributed by atoms with Gasteiger partial charge in [0.05, 0.1) is 10.6 Å². The molecule has 0 aliphatic carbocycles. The van der Waals surface area contributed by atoms with Gasteiger partial charge in [-0.2, -0.15) is 0 Å². The van der Waals surface area contributed by atoms with Crippen LogP contribution < -0.4 is 10.6 Å². The first-order valence-corrected chi connectivity index (χ1v) is 7.24. The summed E-state index contributed by atoms with van der Waals surface area (Å²) in [5.41, 5.74) is 1.92. The number of hydrogen-bond acceptors (Lipinski definition) is 4. The van der Waals surface area contributed by atoms with Crippen molar-refractivity contribution in [3.05, 3.63) is 56.1 Å². The first-order valence-electron chi connectivity index (χ1n) is 6.16. The monoisotopic (exact) mass is 383 g/mol. The average Bonchev–Trinajstić information content (AvgIpc) is 2.41. The molecule has 0 saturated heterocycles. The molecule has 2 aromatic carbocycles. The minimum atomic E-state index is -0.365. The molecule has 0 aromatic heterocycles. The largest absolute Gasteiger partial charge is 0.380 e. The molecule has 0 atom stereocenters. The van der Waals surface area contributed by atoms with Crippen molar-refractivity contribution in [3.63, 3.8) is 0 Å². The van der Waals surface area contributed by atoms with Gasteiger partial charge >= 0.3 is 5.69 Å². The van der Waals surface area contributed by atoms with Gasteiger partial charge in [-0.1, -0.05) is 18.2 Å².